The van der Waals surface area contributed by atoms with Crippen LogP contribution in [0.4, 0.5) is 5.69 Å². The van der Waals surface area contributed by atoms with Crippen molar-refractivity contribution in [1.29, 1.82) is 0 Å². The quantitative estimate of drug-likeness (QED) is 0.783. The standard InChI is InChI=1S/C22H29Cl2N3O/c23-18-1-2-19(24)20(12-18)25-21(28)13-26-3-5-27(6-4-26)22-16-8-14-7-15(10-16)11-17(22)9-14/h1-2,12,14-17,22H,3-11,13H2,(H,25,28). The molecule has 1 N–H and O–H groups in total. The van der Waals surface area contributed by atoms with Crippen molar-refractivity contribution in [1.82, 2.24) is 9.80 Å². The zero-order chi connectivity index (χ0) is 19.3. The van der Waals surface area contributed by atoms with Crippen molar-refractivity contribution in [2.75, 3.05) is 38.0 Å². The Morgan fingerprint density at radius 2 is 1.61 bits per heavy atom. The average Bonchev–Trinajstić information content (AvgIpc) is 2.65. The highest BCUT2D eigenvalue weighted by atomic mass is 35.5. The van der Waals surface area contributed by atoms with Gasteiger partial charge in [-0.2, -0.15) is 0 Å². The van der Waals surface area contributed by atoms with Gasteiger partial charge in [0.25, 0.3) is 0 Å². The summed E-state index contributed by atoms with van der Waals surface area (Å²) in [6.07, 6.45) is 7.40. The van der Waals surface area contributed by atoms with E-state index in [1.165, 1.54) is 32.1 Å². The molecule has 5 aliphatic rings. The minimum Gasteiger partial charge on any atom is -0.324 e. The maximum Gasteiger partial charge on any atom is 0.238 e. The second kappa shape index (κ2) is 7.79. The molecule has 0 unspecified atom stereocenters. The molecule has 0 radical (unpaired) electrons. The van der Waals surface area contributed by atoms with Gasteiger partial charge in [0.1, 0.15) is 0 Å². The van der Waals surface area contributed by atoms with Crippen molar-refractivity contribution in [2.45, 2.75) is 38.1 Å². The van der Waals surface area contributed by atoms with Gasteiger partial charge in [-0.15, -0.1) is 0 Å². The highest BCUT2D eigenvalue weighted by Gasteiger charge is 2.50. The maximum absolute atomic E-state index is 12.5. The molecule has 152 valence electrons. The van der Waals surface area contributed by atoms with E-state index in [-0.39, 0.29) is 5.91 Å². The van der Waals surface area contributed by atoms with Crippen molar-refractivity contribution in [3.8, 4) is 0 Å². The number of rotatable bonds is 4. The van der Waals surface area contributed by atoms with E-state index in [4.69, 9.17) is 23.2 Å². The van der Waals surface area contributed by atoms with Crippen molar-refractivity contribution < 1.29 is 4.79 Å². The molecule has 1 amide bonds. The fourth-order valence-electron chi connectivity index (χ4n) is 6.70. The Kier molecular flexibility index (Phi) is 5.33. The third kappa shape index (κ3) is 3.81. The third-order valence-corrected chi connectivity index (χ3v) is 8.14. The van der Waals surface area contributed by atoms with Crippen LogP contribution in [0.5, 0.6) is 0 Å². The Morgan fingerprint density at radius 1 is 0.964 bits per heavy atom. The summed E-state index contributed by atoms with van der Waals surface area (Å²) < 4.78 is 0. The van der Waals surface area contributed by atoms with Gasteiger partial charge in [-0.05, 0) is 74.0 Å². The first-order chi connectivity index (χ1) is 13.5. The predicted octanol–water partition coefficient (Wildman–Crippen LogP) is 4.37. The molecular formula is C22H29Cl2N3O. The van der Waals surface area contributed by atoms with Gasteiger partial charge in [-0.3, -0.25) is 14.6 Å². The number of piperazine rings is 1. The van der Waals surface area contributed by atoms with Gasteiger partial charge in [-0.1, -0.05) is 23.2 Å². The lowest BCUT2D eigenvalue weighted by molar-refractivity contribution is -0.118. The number of anilines is 1. The van der Waals surface area contributed by atoms with Gasteiger partial charge in [0, 0.05) is 37.2 Å². The number of amides is 1. The summed E-state index contributed by atoms with van der Waals surface area (Å²) in [4.78, 5) is 17.5. The molecule has 0 aromatic heterocycles. The second-order valence-corrected chi connectivity index (χ2v) is 10.2. The minimum absolute atomic E-state index is 0.0211. The second-order valence-electron chi connectivity index (χ2n) is 9.41. The number of nitrogens with one attached hydrogen (secondary N) is 1. The first-order valence-corrected chi connectivity index (χ1v) is 11.5. The molecule has 1 heterocycles. The number of nitrogens with zero attached hydrogens (tertiary/aromatic N) is 2. The first-order valence-electron chi connectivity index (χ1n) is 10.8. The summed E-state index contributed by atoms with van der Waals surface area (Å²) in [6, 6.07) is 5.95. The molecule has 4 bridgehead atoms. The van der Waals surface area contributed by atoms with Crippen LogP contribution < -0.4 is 5.32 Å². The van der Waals surface area contributed by atoms with E-state index in [9.17, 15) is 4.79 Å². The Morgan fingerprint density at radius 3 is 2.25 bits per heavy atom. The summed E-state index contributed by atoms with van der Waals surface area (Å²) in [5.74, 6) is 3.92. The normalized spacial score (nSPS) is 35.3. The van der Waals surface area contributed by atoms with Crippen molar-refractivity contribution >= 4 is 34.8 Å². The lowest BCUT2D eigenvalue weighted by Crippen LogP contribution is -2.60. The van der Waals surface area contributed by atoms with Crippen LogP contribution in [0, 0.1) is 23.7 Å². The smallest absolute Gasteiger partial charge is 0.238 e. The fourth-order valence-corrected chi connectivity index (χ4v) is 7.04. The Bertz CT molecular complexity index is 719. The van der Waals surface area contributed by atoms with Crippen LogP contribution in [0.1, 0.15) is 32.1 Å². The zero-order valence-corrected chi connectivity index (χ0v) is 17.8. The van der Waals surface area contributed by atoms with Gasteiger partial charge < -0.3 is 5.32 Å². The summed E-state index contributed by atoms with van der Waals surface area (Å²) >= 11 is 12.2. The van der Waals surface area contributed by atoms with Crippen molar-refractivity contribution in [3.05, 3.63) is 28.2 Å². The average molecular weight is 422 g/mol. The molecule has 28 heavy (non-hydrogen) atoms. The van der Waals surface area contributed by atoms with Gasteiger partial charge in [0.2, 0.25) is 5.91 Å². The van der Waals surface area contributed by atoms with Crippen LogP contribution in [-0.2, 0) is 4.79 Å². The van der Waals surface area contributed by atoms with Crippen LogP contribution in [0.15, 0.2) is 18.2 Å². The van der Waals surface area contributed by atoms with Gasteiger partial charge >= 0.3 is 0 Å². The van der Waals surface area contributed by atoms with Crippen LogP contribution in [0.3, 0.4) is 0 Å². The van der Waals surface area contributed by atoms with Crippen molar-refractivity contribution in [2.24, 2.45) is 23.7 Å². The van der Waals surface area contributed by atoms with Crippen LogP contribution in [-0.4, -0.2) is 54.5 Å². The maximum atomic E-state index is 12.5. The molecule has 1 aromatic rings. The summed E-state index contributed by atoms with van der Waals surface area (Å²) in [5, 5.41) is 4.00. The number of benzene rings is 1. The van der Waals surface area contributed by atoms with E-state index in [0.717, 1.165) is 55.9 Å². The number of hydrogen-bond donors (Lipinski definition) is 1. The zero-order valence-electron chi connectivity index (χ0n) is 16.2. The molecule has 0 atom stereocenters. The molecule has 6 heteroatoms. The summed E-state index contributed by atoms with van der Waals surface area (Å²) in [5.41, 5.74) is 0.589. The molecule has 4 nitrogen and oxygen atoms in total. The van der Waals surface area contributed by atoms with Crippen LogP contribution in [0.25, 0.3) is 0 Å². The fraction of sp³-hybridized carbons (Fsp3) is 0.682. The molecule has 1 saturated heterocycles. The third-order valence-electron chi connectivity index (χ3n) is 7.58. The first kappa shape index (κ1) is 19.2. The molecular weight excluding hydrogens is 393 g/mol. The number of hydrogen-bond acceptors (Lipinski definition) is 3. The minimum atomic E-state index is -0.0211. The number of carbonyl (C=O) groups excluding carboxylic acids is 1. The number of carbonyl (C=O) groups is 1. The number of halogens is 2. The summed E-state index contributed by atoms with van der Waals surface area (Å²) in [7, 11) is 0. The van der Waals surface area contributed by atoms with Gasteiger partial charge in [-0.25, -0.2) is 0 Å². The Balaban J connectivity index is 1.13. The monoisotopic (exact) mass is 421 g/mol. The van der Waals surface area contributed by atoms with E-state index in [0.29, 0.717) is 22.3 Å². The highest BCUT2D eigenvalue weighted by molar-refractivity contribution is 6.35. The van der Waals surface area contributed by atoms with Crippen molar-refractivity contribution in [3.63, 3.8) is 0 Å². The SMILES string of the molecule is O=C(CN1CCN(C2C3CC4CC(C3)CC2C4)CC1)Nc1cc(Cl)ccc1Cl. The van der Waals surface area contributed by atoms with Crippen LogP contribution in [0.2, 0.25) is 10.0 Å². The topological polar surface area (TPSA) is 35.6 Å². The molecule has 0 spiro atoms. The van der Waals surface area contributed by atoms with E-state index >= 15 is 0 Å². The molecule has 1 aliphatic heterocycles. The lowest BCUT2D eigenvalue weighted by Gasteiger charge is -2.58. The molecule has 5 fully saturated rings. The molecule has 4 aliphatic carbocycles. The molecule has 6 rings (SSSR count). The Labute approximate surface area is 177 Å². The van der Waals surface area contributed by atoms with E-state index in [1.807, 2.05) is 0 Å². The van der Waals surface area contributed by atoms with E-state index < -0.39 is 0 Å². The summed E-state index contributed by atoms with van der Waals surface area (Å²) in [6.45, 7) is 4.55. The van der Waals surface area contributed by atoms with E-state index in [2.05, 4.69) is 15.1 Å². The molecule has 1 aromatic carbocycles. The van der Waals surface area contributed by atoms with Gasteiger partial charge in [0.15, 0.2) is 0 Å². The van der Waals surface area contributed by atoms with Gasteiger partial charge in [0.05, 0.1) is 17.3 Å². The van der Waals surface area contributed by atoms with Crippen LogP contribution >= 0.6 is 23.2 Å². The largest absolute Gasteiger partial charge is 0.324 e. The predicted molar refractivity (Wildman–Crippen MR) is 114 cm³/mol. The Hall–Kier alpha value is -0.810. The highest BCUT2D eigenvalue weighted by Crippen LogP contribution is 2.55. The lowest BCUT2D eigenvalue weighted by atomic mass is 9.54. The molecule has 4 saturated carbocycles. The van der Waals surface area contributed by atoms with E-state index in [1.54, 1.807) is 18.2 Å².